The molecule has 2 nitrogen and oxygen atoms in total. The van der Waals surface area contributed by atoms with Crippen molar-refractivity contribution in [3.63, 3.8) is 0 Å². The van der Waals surface area contributed by atoms with Crippen molar-refractivity contribution >= 4 is 21.7 Å². The van der Waals surface area contributed by atoms with Gasteiger partial charge in [0.25, 0.3) is 0 Å². The highest BCUT2D eigenvalue weighted by molar-refractivity contribution is 6.05. The van der Waals surface area contributed by atoms with E-state index in [1.54, 1.807) is 5.57 Å². The number of hydrogen-bond acceptors (Lipinski definition) is 1. The zero-order chi connectivity index (χ0) is 31.2. The summed E-state index contributed by atoms with van der Waals surface area (Å²) in [7, 11) is 0. The number of allylic oxidation sites excluding steroid dienone is 4. The molecule has 0 amide bonds. The van der Waals surface area contributed by atoms with Gasteiger partial charge in [-0.05, 0) is 89.1 Å². The van der Waals surface area contributed by atoms with Crippen LogP contribution in [0.3, 0.4) is 0 Å². The topological polar surface area (TPSA) is 16.8 Å². The highest BCUT2D eigenvalue weighted by atomic mass is 15.1. The van der Waals surface area contributed by atoms with Gasteiger partial charge in [-0.25, -0.2) is 4.98 Å². The second kappa shape index (κ2) is 10.1. The summed E-state index contributed by atoms with van der Waals surface area (Å²) in [6.45, 7) is 21.5. The van der Waals surface area contributed by atoms with Gasteiger partial charge < -0.3 is 0 Å². The van der Waals surface area contributed by atoms with E-state index >= 15 is 0 Å². The van der Waals surface area contributed by atoms with Crippen molar-refractivity contribution in [2.75, 3.05) is 0 Å². The van der Waals surface area contributed by atoms with E-state index in [-0.39, 0.29) is 16.4 Å². The van der Waals surface area contributed by atoms with Crippen LogP contribution in [-0.2, 0) is 17.4 Å². The molecule has 228 valence electrons. The minimum atomic E-state index is -0.315. The first kappa shape index (κ1) is 29.5. The zero-order valence-corrected chi connectivity index (χ0v) is 28.6. The monoisotopic (exact) mass is 583 g/mol. The van der Waals surface area contributed by atoms with E-state index in [4.69, 9.17) is 4.98 Å². The molecule has 2 aromatic heterocycles. The van der Waals surface area contributed by atoms with Gasteiger partial charge in [-0.3, -0.25) is 0 Å². The van der Waals surface area contributed by atoms with Crippen LogP contribution in [0.1, 0.15) is 117 Å². The van der Waals surface area contributed by atoms with Gasteiger partial charge >= 0.3 is 0 Å². The lowest BCUT2D eigenvalue weighted by Gasteiger charge is -2.34. The molecule has 0 saturated heterocycles. The largest absolute Gasteiger partial charge is 0.244 e. The molecule has 0 bridgehead atoms. The highest BCUT2D eigenvalue weighted by Crippen LogP contribution is 2.57. The van der Waals surface area contributed by atoms with Crippen molar-refractivity contribution in [3.05, 3.63) is 94.3 Å². The van der Waals surface area contributed by atoms with Crippen molar-refractivity contribution in [2.24, 2.45) is 17.3 Å². The minimum Gasteiger partial charge on any atom is -0.244 e. The van der Waals surface area contributed by atoms with Crippen LogP contribution in [0.2, 0.25) is 0 Å². The highest BCUT2D eigenvalue weighted by Gasteiger charge is 2.58. The third-order valence-electron chi connectivity index (χ3n) is 11.3. The number of fused-ring (bicyclic) bond motifs is 4. The lowest BCUT2D eigenvalue weighted by molar-refractivity contribution is -0.726. The Balaban J connectivity index is 1.63. The molecule has 0 radical (unpaired) electrons. The zero-order valence-electron chi connectivity index (χ0n) is 28.6. The predicted octanol–water partition coefficient (Wildman–Crippen LogP) is 10.8. The van der Waals surface area contributed by atoms with E-state index in [0.717, 1.165) is 31.2 Å². The molecule has 3 aliphatic rings. The van der Waals surface area contributed by atoms with Crippen LogP contribution in [-0.4, -0.2) is 4.98 Å². The Morgan fingerprint density at radius 3 is 2.30 bits per heavy atom. The first-order valence-corrected chi connectivity index (χ1v) is 17.4. The van der Waals surface area contributed by atoms with Gasteiger partial charge in [0.05, 0.1) is 16.5 Å². The molecule has 4 aromatic rings. The number of para-hydroxylation sites is 1. The molecule has 3 heterocycles. The molecule has 2 aromatic carbocycles. The third-order valence-corrected chi connectivity index (χ3v) is 11.3. The fourth-order valence-electron chi connectivity index (χ4n) is 9.23. The number of hydrogen-bond donors (Lipinski definition) is 0. The first-order valence-electron chi connectivity index (χ1n) is 17.4. The Hall–Kier alpha value is -3.26. The Labute approximate surface area is 265 Å². The fraction of sp³-hybridized carbons (Fsp3) is 0.476. The van der Waals surface area contributed by atoms with E-state index in [1.807, 2.05) is 0 Å². The van der Waals surface area contributed by atoms with Gasteiger partial charge in [0.1, 0.15) is 5.69 Å². The molecule has 1 aliphatic heterocycles. The fourth-order valence-corrected chi connectivity index (χ4v) is 9.23. The van der Waals surface area contributed by atoms with Crippen molar-refractivity contribution < 1.29 is 4.57 Å². The minimum absolute atomic E-state index is 0.152. The Bertz CT molecular complexity index is 1870. The molecule has 0 N–H and O–H groups in total. The van der Waals surface area contributed by atoms with Gasteiger partial charge in [-0.2, -0.15) is 4.57 Å². The molecular weight excluding hydrogens is 532 g/mol. The molecule has 0 saturated carbocycles. The molecule has 0 fully saturated rings. The van der Waals surface area contributed by atoms with E-state index in [1.165, 1.54) is 68.2 Å². The number of benzene rings is 2. The molecule has 1 unspecified atom stereocenters. The quantitative estimate of drug-likeness (QED) is 0.198. The molecular formula is C42H51N2+. The van der Waals surface area contributed by atoms with E-state index in [2.05, 4.69) is 128 Å². The van der Waals surface area contributed by atoms with Crippen LogP contribution in [0.15, 0.2) is 72.0 Å². The smallest absolute Gasteiger partial charge is 0.233 e. The second-order valence-electron chi connectivity index (χ2n) is 15.7. The van der Waals surface area contributed by atoms with Crippen LogP contribution < -0.4 is 4.57 Å². The maximum absolute atomic E-state index is 5.67. The summed E-state index contributed by atoms with van der Waals surface area (Å²) in [5, 5.41) is 4.12. The lowest BCUT2D eigenvalue weighted by atomic mass is 9.67. The summed E-state index contributed by atoms with van der Waals surface area (Å²) in [6, 6.07) is 16.4. The number of aromatic nitrogens is 2. The van der Waals surface area contributed by atoms with Crippen LogP contribution in [0.4, 0.5) is 0 Å². The van der Waals surface area contributed by atoms with Gasteiger partial charge in [-0.1, -0.05) is 104 Å². The summed E-state index contributed by atoms with van der Waals surface area (Å²) in [5.41, 5.74) is 12.5. The van der Waals surface area contributed by atoms with Gasteiger partial charge in [0.2, 0.25) is 11.2 Å². The molecule has 1 spiro atoms. The first-order chi connectivity index (χ1) is 21.0. The van der Waals surface area contributed by atoms with Crippen LogP contribution in [0.25, 0.3) is 32.9 Å². The SMILES string of the molecule is CCC(CC)C1=CC2(CC(C(CC)CC)=C1)c1nc3ccccc3c3c1-c1c4c(cc(CC(C)(C)C)cc4cc[n+]12)C3(C)C. The van der Waals surface area contributed by atoms with Crippen molar-refractivity contribution in [3.8, 4) is 11.3 Å². The molecule has 1 atom stereocenters. The number of pyridine rings is 2. The van der Waals surface area contributed by atoms with Crippen molar-refractivity contribution in [1.29, 1.82) is 0 Å². The Morgan fingerprint density at radius 1 is 0.909 bits per heavy atom. The molecule has 2 heteroatoms. The number of rotatable bonds is 7. The standard InChI is InChI=1S/C42H51N2/c1-10-27(11-2)30-22-31(28(12-3)13-4)25-42(24-30)39-36-37(32-16-14-15-17-34(32)43-39)41(8,9)33-21-26(23-40(5,6)7)20-29-18-19-44(42)38(36)35(29)33/h14-22,24,27-28H,10-13,23,25H2,1-9H3/q+1. The maximum Gasteiger partial charge on any atom is 0.233 e. The van der Waals surface area contributed by atoms with E-state index in [9.17, 15) is 0 Å². The van der Waals surface area contributed by atoms with Gasteiger partial charge in [0.15, 0.2) is 6.20 Å². The second-order valence-corrected chi connectivity index (χ2v) is 15.7. The number of nitrogens with zero attached hydrogens (tertiary/aromatic N) is 2. The average Bonchev–Trinajstić information content (AvgIpc) is 3.23. The molecule has 2 aliphatic carbocycles. The summed E-state index contributed by atoms with van der Waals surface area (Å²) < 4.78 is 2.68. The summed E-state index contributed by atoms with van der Waals surface area (Å²) in [5.74, 6) is 1.15. The molecule has 7 rings (SSSR count). The summed E-state index contributed by atoms with van der Waals surface area (Å²) in [4.78, 5) is 5.67. The Morgan fingerprint density at radius 2 is 1.61 bits per heavy atom. The van der Waals surface area contributed by atoms with Crippen LogP contribution >= 0.6 is 0 Å². The van der Waals surface area contributed by atoms with Gasteiger partial charge in [0, 0.05) is 23.3 Å². The van der Waals surface area contributed by atoms with Crippen molar-refractivity contribution in [2.45, 2.75) is 112 Å². The third kappa shape index (κ3) is 4.12. The maximum atomic E-state index is 5.67. The van der Waals surface area contributed by atoms with Crippen LogP contribution in [0, 0.1) is 17.3 Å². The van der Waals surface area contributed by atoms with E-state index in [0.29, 0.717) is 11.8 Å². The van der Waals surface area contributed by atoms with Crippen molar-refractivity contribution in [1.82, 2.24) is 4.98 Å². The van der Waals surface area contributed by atoms with E-state index < -0.39 is 0 Å². The Kier molecular flexibility index (Phi) is 6.78. The lowest BCUT2D eigenvalue weighted by Crippen LogP contribution is -2.55. The predicted molar refractivity (Wildman–Crippen MR) is 186 cm³/mol. The molecule has 44 heavy (non-hydrogen) atoms. The summed E-state index contributed by atoms with van der Waals surface area (Å²) >= 11 is 0. The average molecular weight is 584 g/mol. The summed E-state index contributed by atoms with van der Waals surface area (Å²) in [6.07, 6.45) is 14.5. The normalized spacial score (nSPS) is 19.9. The van der Waals surface area contributed by atoms with Crippen LogP contribution in [0.5, 0.6) is 0 Å². The van der Waals surface area contributed by atoms with Gasteiger partial charge in [-0.15, -0.1) is 0 Å².